The molecular weight excluding hydrogens is 268 g/mol. The van der Waals surface area contributed by atoms with Crippen LogP contribution in [-0.2, 0) is 0 Å². The Morgan fingerprint density at radius 3 is 2.94 bits per heavy atom. The van der Waals surface area contributed by atoms with Crippen molar-refractivity contribution in [2.24, 2.45) is 5.92 Å². The molecule has 4 heteroatoms. The molecule has 1 aliphatic rings. The summed E-state index contributed by atoms with van der Waals surface area (Å²) in [6.07, 6.45) is 1.94. The van der Waals surface area contributed by atoms with E-state index in [2.05, 4.69) is 27.3 Å². The maximum atomic E-state index is 9.71. The summed E-state index contributed by atoms with van der Waals surface area (Å²) in [5.41, 5.74) is 1.38. The molecule has 2 N–H and O–H groups in total. The number of hydrogen-bond donors (Lipinski definition) is 2. The second kappa shape index (κ2) is 4.86. The number of nitrogens with one attached hydrogen (secondary N) is 1. The number of anilines is 1. The van der Waals surface area contributed by atoms with E-state index in [4.69, 9.17) is 5.26 Å². The number of nitrogens with zero attached hydrogens (tertiary/aromatic N) is 1. The molecule has 0 amide bonds. The number of benzene rings is 1. The zero-order valence-corrected chi connectivity index (χ0v) is 10.4. The van der Waals surface area contributed by atoms with Crippen LogP contribution in [0.15, 0.2) is 22.7 Å². The summed E-state index contributed by atoms with van der Waals surface area (Å²) in [4.78, 5) is 0. The third-order valence-electron chi connectivity index (χ3n) is 2.77. The van der Waals surface area contributed by atoms with Gasteiger partial charge in [-0.3, -0.25) is 0 Å². The van der Waals surface area contributed by atoms with Crippen molar-refractivity contribution < 1.29 is 5.11 Å². The summed E-state index contributed by atoms with van der Waals surface area (Å²) >= 11 is 3.32. The van der Waals surface area contributed by atoms with Gasteiger partial charge >= 0.3 is 0 Å². The predicted octanol–water partition coefficient (Wildman–Crippen LogP) is 2.50. The zero-order chi connectivity index (χ0) is 11.5. The Labute approximate surface area is 103 Å². The van der Waals surface area contributed by atoms with E-state index in [0.29, 0.717) is 18.0 Å². The summed E-state index contributed by atoms with van der Waals surface area (Å²) in [5, 5.41) is 21.8. The fourth-order valence-corrected chi connectivity index (χ4v) is 1.99. The molecule has 0 saturated heterocycles. The Hall–Kier alpha value is -1.05. The highest BCUT2D eigenvalue weighted by Gasteiger charge is 2.29. The SMILES string of the molecule is N#Cc1cc(Br)ccc1NC[C@@H](O)C1CC1. The second-order valence-corrected chi connectivity index (χ2v) is 5.00. The molecule has 1 atom stereocenters. The van der Waals surface area contributed by atoms with Gasteiger partial charge in [0.2, 0.25) is 0 Å². The van der Waals surface area contributed by atoms with Crippen LogP contribution in [0, 0.1) is 17.2 Å². The van der Waals surface area contributed by atoms with Crippen molar-refractivity contribution in [1.29, 1.82) is 5.26 Å². The molecule has 0 spiro atoms. The van der Waals surface area contributed by atoms with Crippen LogP contribution in [0.5, 0.6) is 0 Å². The van der Waals surface area contributed by atoms with Gasteiger partial charge in [0.1, 0.15) is 6.07 Å². The van der Waals surface area contributed by atoms with Gasteiger partial charge in [0.05, 0.1) is 17.4 Å². The highest BCUT2D eigenvalue weighted by atomic mass is 79.9. The van der Waals surface area contributed by atoms with Crippen LogP contribution in [0.3, 0.4) is 0 Å². The van der Waals surface area contributed by atoms with Crippen LogP contribution in [0.4, 0.5) is 5.69 Å². The first-order chi connectivity index (χ1) is 7.70. The third kappa shape index (κ3) is 2.75. The highest BCUT2D eigenvalue weighted by molar-refractivity contribution is 9.10. The Morgan fingerprint density at radius 2 is 2.31 bits per heavy atom. The molecule has 0 unspecified atom stereocenters. The minimum absolute atomic E-state index is 0.296. The molecular formula is C12H13BrN2O. The van der Waals surface area contributed by atoms with Gasteiger partial charge in [0.15, 0.2) is 0 Å². The van der Waals surface area contributed by atoms with Crippen molar-refractivity contribution >= 4 is 21.6 Å². The zero-order valence-electron chi connectivity index (χ0n) is 8.78. The molecule has 1 aromatic carbocycles. The molecule has 0 aromatic heterocycles. The lowest BCUT2D eigenvalue weighted by molar-refractivity contribution is 0.164. The van der Waals surface area contributed by atoms with Gasteiger partial charge in [-0.25, -0.2) is 0 Å². The molecule has 1 fully saturated rings. The Balaban J connectivity index is 2.00. The van der Waals surface area contributed by atoms with Gasteiger partial charge in [0, 0.05) is 11.0 Å². The standard InChI is InChI=1S/C12H13BrN2O/c13-10-3-4-11(9(5-10)6-14)15-7-12(16)8-1-2-8/h3-5,8,12,15-16H,1-2,7H2/t12-/m1/s1. The fourth-order valence-electron chi connectivity index (χ4n) is 1.63. The van der Waals surface area contributed by atoms with Crippen LogP contribution in [-0.4, -0.2) is 17.8 Å². The molecule has 84 valence electrons. The van der Waals surface area contributed by atoms with Crippen molar-refractivity contribution in [3.8, 4) is 6.07 Å². The lowest BCUT2D eigenvalue weighted by Gasteiger charge is -2.12. The number of aliphatic hydroxyl groups excluding tert-OH is 1. The Bertz CT molecular complexity index is 424. The number of hydrogen-bond acceptors (Lipinski definition) is 3. The molecule has 0 radical (unpaired) electrons. The Morgan fingerprint density at radius 1 is 1.56 bits per heavy atom. The largest absolute Gasteiger partial charge is 0.391 e. The van der Waals surface area contributed by atoms with E-state index >= 15 is 0 Å². The molecule has 0 bridgehead atoms. The maximum Gasteiger partial charge on any atom is 0.101 e. The first-order valence-corrected chi connectivity index (χ1v) is 6.11. The van der Waals surface area contributed by atoms with Crippen LogP contribution < -0.4 is 5.32 Å². The van der Waals surface area contributed by atoms with E-state index < -0.39 is 0 Å². The van der Waals surface area contributed by atoms with Gasteiger partial charge in [0.25, 0.3) is 0 Å². The summed E-state index contributed by atoms with van der Waals surface area (Å²) in [7, 11) is 0. The Kier molecular flexibility index (Phi) is 3.47. The van der Waals surface area contributed by atoms with Gasteiger partial charge in [-0.2, -0.15) is 5.26 Å². The number of halogens is 1. The number of nitriles is 1. The average molecular weight is 281 g/mol. The van der Waals surface area contributed by atoms with Gasteiger partial charge in [-0.05, 0) is 37.0 Å². The summed E-state index contributed by atoms with van der Waals surface area (Å²) in [6, 6.07) is 7.63. The smallest absolute Gasteiger partial charge is 0.101 e. The lowest BCUT2D eigenvalue weighted by atomic mass is 10.2. The highest BCUT2D eigenvalue weighted by Crippen LogP contribution is 2.32. The van der Waals surface area contributed by atoms with E-state index in [1.807, 2.05) is 12.1 Å². The quantitative estimate of drug-likeness (QED) is 0.891. The number of rotatable bonds is 4. The van der Waals surface area contributed by atoms with Crippen LogP contribution in [0.25, 0.3) is 0 Å². The van der Waals surface area contributed by atoms with Gasteiger partial charge < -0.3 is 10.4 Å². The van der Waals surface area contributed by atoms with Gasteiger partial charge in [-0.15, -0.1) is 0 Å². The van der Waals surface area contributed by atoms with Crippen LogP contribution in [0.1, 0.15) is 18.4 Å². The first-order valence-electron chi connectivity index (χ1n) is 5.32. The topological polar surface area (TPSA) is 56.0 Å². The van der Waals surface area contributed by atoms with Gasteiger partial charge in [-0.1, -0.05) is 15.9 Å². The molecule has 0 heterocycles. The molecule has 1 aliphatic carbocycles. The molecule has 0 aliphatic heterocycles. The van der Waals surface area contributed by atoms with Crippen molar-refractivity contribution in [3.05, 3.63) is 28.2 Å². The minimum atomic E-state index is -0.296. The van der Waals surface area contributed by atoms with E-state index in [-0.39, 0.29) is 6.10 Å². The molecule has 1 saturated carbocycles. The van der Waals surface area contributed by atoms with E-state index in [1.165, 1.54) is 0 Å². The summed E-state index contributed by atoms with van der Waals surface area (Å²) < 4.78 is 0.886. The first kappa shape index (κ1) is 11.4. The van der Waals surface area contributed by atoms with E-state index in [1.54, 1.807) is 6.07 Å². The number of aliphatic hydroxyl groups is 1. The third-order valence-corrected chi connectivity index (χ3v) is 3.26. The monoisotopic (exact) mass is 280 g/mol. The van der Waals surface area contributed by atoms with E-state index in [9.17, 15) is 5.11 Å². The van der Waals surface area contributed by atoms with Crippen molar-refractivity contribution in [2.45, 2.75) is 18.9 Å². The maximum absolute atomic E-state index is 9.71. The minimum Gasteiger partial charge on any atom is -0.391 e. The average Bonchev–Trinajstić information content (AvgIpc) is 3.10. The summed E-state index contributed by atoms with van der Waals surface area (Å²) in [5.74, 6) is 0.452. The lowest BCUT2D eigenvalue weighted by Crippen LogP contribution is -2.21. The van der Waals surface area contributed by atoms with Crippen molar-refractivity contribution in [2.75, 3.05) is 11.9 Å². The molecule has 16 heavy (non-hydrogen) atoms. The molecule has 1 aromatic rings. The normalized spacial score (nSPS) is 16.6. The second-order valence-electron chi connectivity index (χ2n) is 4.09. The fraction of sp³-hybridized carbons (Fsp3) is 0.417. The van der Waals surface area contributed by atoms with E-state index in [0.717, 1.165) is 23.0 Å². The molecule has 2 rings (SSSR count). The summed E-state index contributed by atoms with van der Waals surface area (Å²) in [6.45, 7) is 0.515. The van der Waals surface area contributed by atoms with Crippen molar-refractivity contribution in [1.82, 2.24) is 0 Å². The van der Waals surface area contributed by atoms with Crippen LogP contribution >= 0.6 is 15.9 Å². The molecule has 3 nitrogen and oxygen atoms in total. The predicted molar refractivity (Wildman–Crippen MR) is 66.1 cm³/mol. The van der Waals surface area contributed by atoms with Crippen LogP contribution in [0.2, 0.25) is 0 Å². The van der Waals surface area contributed by atoms with Crippen molar-refractivity contribution in [3.63, 3.8) is 0 Å².